The molecule has 0 radical (unpaired) electrons. The fourth-order valence-electron chi connectivity index (χ4n) is 3.84. The number of carboxylic acids is 1. The lowest BCUT2D eigenvalue weighted by Gasteiger charge is -2.11. The number of rotatable bonds is 9. The number of nitrogens with zero attached hydrogens (tertiary/aromatic N) is 1. The van der Waals surface area contributed by atoms with Crippen molar-refractivity contribution in [1.82, 2.24) is 5.16 Å². The second-order valence-corrected chi connectivity index (χ2v) is 9.99. The van der Waals surface area contributed by atoms with Crippen molar-refractivity contribution in [2.24, 2.45) is 0 Å². The lowest BCUT2D eigenvalue weighted by molar-refractivity contribution is 0.0697. The van der Waals surface area contributed by atoms with Crippen molar-refractivity contribution in [1.29, 1.82) is 0 Å². The average molecular weight is 574 g/mol. The average Bonchev–Trinajstić information content (AvgIpc) is 3.29. The zero-order valence-electron chi connectivity index (χ0n) is 20.4. The van der Waals surface area contributed by atoms with Gasteiger partial charge < -0.3 is 19.7 Å². The molecule has 196 valence electrons. The van der Waals surface area contributed by atoms with Crippen LogP contribution in [0.2, 0.25) is 15.1 Å². The molecule has 0 aliphatic heterocycles. The molecule has 0 aliphatic rings. The van der Waals surface area contributed by atoms with E-state index < -0.39 is 11.9 Å². The van der Waals surface area contributed by atoms with Gasteiger partial charge in [0.05, 0.1) is 39.5 Å². The van der Waals surface area contributed by atoms with Crippen LogP contribution >= 0.6 is 34.8 Å². The summed E-state index contributed by atoms with van der Waals surface area (Å²) in [5.74, 6) is -0.849. The molecule has 0 fully saturated rings. The van der Waals surface area contributed by atoms with Crippen molar-refractivity contribution >= 4 is 52.4 Å². The van der Waals surface area contributed by atoms with Gasteiger partial charge in [0, 0.05) is 22.6 Å². The van der Waals surface area contributed by atoms with Crippen LogP contribution in [0.5, 0.6) is 0 Å². The number of carbonyl (C=O) groups excluding carboxylic acids is 1. The van der Waals surface area contributed by atoms with Crippen LogP contribution in [-0.2, 0) is 18.0 Å². The number of hydrogen-bond acceptors (Lipinski definition) is 5. The minimum atomic E-state index is -1.11. The number of ether oxygens (including phenoxy) is 1. The summed E-state index contributed by atoms with van der Waals surface area (Å²) in [5.41, 5.74) is 3.27. The van der Waals surface area contributed by atoms with Gasteiger partial charge in [-0.3, -0.25) is 4.79 Å². The molecule has 38 heavy (non-hydrogen) atoms. The molecule has 0 aliphatic carbocycles. The van der Waals surface area contributed by atoms with Gasteiger partial charge in [-0.15, -0.1) is 0 Å². The molecule has 3 aromatic carbocycles. The zero-order chi connectivity index (χ0) is 27.4. The van der Waals surface area contributed by atoms with E-state index in [-0.39, 0.29) is 30.3 Å². The summed E-state index contributed by atoms with van der Waals surface area (Å²) in [6.07, 6.45) is 0. The quantitative estimate of drug-likeness (QED) is 0.210. The SMILES string of the molecule is CC(C)c1onc(-c2c(Cl)cccc2Cl)c1COCc1ccc(NC(=O)c2cccc(C(=O)O)c2)c(Cl)c1. The molecule has 0 unspecified atom stereocenters. The van der Waals surface area contributed by atoms with Crippen LogP contribution in [0.15, 0.2) is 65.2 Å². The number of carbonyl (C=O) groups is 2. The van der Waals surface area contributed by atoms with E-state index >= 15 is 0 Å². The topological polar surface area (TPSA) is 102 Å². The predicted molar refractivity (Wildman–Crippen MR) is 147 cm³/mol. The summed E-state index contributed by atoms with van der Waals surface area (Å²) in [4.78, 5) is 23.8. The Hall–Kier alpha value is -3.36. The largest absolute Gasteiger partial charge is 0.478 e. The maximum atomic E-state index is 12.6. The second-order valence-electron chi connectivity index (χ2n) is 8.77. The van der Waals surface area contributed by atoms with Gasteiger partial charge in [0.2, 0.25) is 0 Å². The lowest BCUT2D eigenvalue weighted by Crippen LogP contribution is -2.13. The first-order valence-corrected chi connectivity index (χ1v) is 12.7. The van der Waals surface area contributed by atoms with Gasteiger partial charge in [0.25, 0.3) is 5.91 Å². The zero-order valence-corrected chi connectivity index (χ0v) is 22.7. The van der Waals surface area contributed by atoms with E-state index in [4.69, 9.17) is 49.2 Å². The van der Waals surface area contributed by atoms with Crippen molar-refractivity contribution in [3.63, 3.8) is 0 Å². The van der Waals surface area contributed by atoms with E-state index in [2.05, 4.69) is 10.5 Å². The van der Waals surface area contributed by atoms with Crippen molar-refractivity contribution in [2.45, 2.75) is 33.0 Å². The van der Waals surface area contributed by atoms with Crippen LogP contribution in [0.4, 0.5) is 5.69 Å². The first-order chi connectivity index (χ1) is 18.2. The molecule has 4 aromatic rings. The molecule has 0 atom stereocenters. The normalized spacial score (nSPS) is 11.1. The van der Waals surface area contributed by atoms with E-state index in [0.29, 0.717) is 37.8 Å². The summed E-state index contributed by atoms with van der Waals surface area (Å²) in [6, 6.07) is 16.1. The minimum Gasteiger partial charge on any atom is -0.478 e. The number of nitrogens with one attached hydrogen (secondary N) is 1. The highest BCUT2D eigenvalue weighted by Crippen LogP contribution is 2.38. The second kappa shape index (κ2) is 12.0. The number of amides is 1. The van der Waals surface area contributed by atoms with Crippen LogP contribution in [0.25, 0.3) is 11.3 Å². The maximum absolute atomic E-state index is 12.6. The molecule has 7 nitrogen and oxygen atoms in total. The number of aromatic nitrogens is 1. The molecule has 1 heterocycles. The van der Waals surface area contributed by atoms with Gasteiger partial charge in [-0.1, -0.05) is 72.0 Å². The fraction of sp³-hybridized carbons (Fsp3) is 0.179. The predicted octanol–water partition coefficient (Wildman–Crippen LogP) is 8.09. The van der Waals surface area contributed by atoms with E-state index in [0.717, 1.165) is 11.1 Å². The van der Waals surface area contributed by atoms with Gasteiger partial charge in [-0.2, -0.15) is 0 Å². The Morgan fingerprint density at radius 3 is 2.29 bits per heavy atom. The number of anilines is 1. The third kappa shape index (κ3) is 6.19. The Kier molecular flexibility index (Phi) is 8.74. The lowest BCUT2D eigenvalue weighted by atomic mass is 10.0. The Balaban J connectivity index is 1.46. The number of carboxylic acid groups (broad SMARTS) is 1. The molecule has 1 aromatic heterocycles. The summed E-state index contributed by atoms with van der Waals surface area (Å²) < 4.78 is 11.6. The maximum Gasteiger partial charge on any atom is 0.335 e. The van der Waals surface area contributed by atoms with Gasteiger partial charge in [0.15, 0.2) is 0 Å². The first-order valence-electron chi connectivity index (χ1n) is 11.6. The number of aromatic carboxylic acids is 1. The molecule has 0 saturated heterocycles. The Bertz CT molecular complexity index is 1480. The monoisotopic (exact) mass is 572 g/mol. The highest BCUT2D eigenvalue weighted by atomic mass is 35.5. The number of hydrogen-bond donors (Lipinski definition) is 2. The van der Waals surface area contributed by atoms with Crippen LogP contribution in [0, 0.1) is 0 Å². The van der Waals surface area contributed by atoms with E-state index in [9.17, 15) is 9.59 Å². The Morgan fingerprint density at radius 2 is 1.63 bits per heavy atom. The van der Waals surface area contributed by atoms with Gasteiger partial charge >= 0.3 is 5.97 Å². The summed E-state index contributed by atoms with van der Waals surface area (Å²) >= 11 is 19.2. The minimum absolute atomic E-state index is 0.0182. The smallest absolute Gasteiger partial charge is 0.335 e. The number of halogens is 3. The molecule has 4 rings (SSSR count). The molecular formula is C28H23Cl3N2O5. The molecule has 0 spiro atoms. The molecule has 2 N–H and O–H groups in total. The first kappa shape index (κ1) is 27.7. The standard InChI is InChI=1S/C28H23Cl3N2O5/c1-15(2)26-19(25(33-38-26)24-20(29)7-4-8-21(24)30)14-37-13-16-9-10-23(22(31)11-16)32-27(34)17-5-3-6-18(12-17)28(35)36/h3-12,15H,13-14H2,1-2H3,(H,32,34)(H,35,36). The van der Waals surface area contributed by atoms with Crippen LogP contribution in [0.3, 0.4) is 0 Å². The van der Waals surface area contributed by atoms with Gasteiger partial charge in [0.1, 0.15) is 11.5 Å². The summed E-state index contributed by atoms with van der Waals surface area (Å²) in [6.45, 7) is 4.41. The molecule has 0 saturated carbocycles. The van der Waals surface area contributed by atoms with Crippen molar-refractivity contribution in [3.8, 4) is 11.3 Å². The molecule has 1 amide bonds. The summed E-state index contributed by atoms with van der Waals surface area (Å²) in [5, 5.41) is 17.3. The molecular weight excluding hydrogens is 551 g/mol. The molecule has 0 bridgehead atoms. The Labute approximate surface area is 234 Å². The Morgan fingerprint density at radius 1 is 0.947 bits per heavy atom. The number of benzene rings is 3. The van der Waals surface area contributed by atoms with Gasteiger partial charge in [-0.05, 0) is 48.0 Å². The van der Waals surface area contributed by atoms with Crippen molar-refractivity contribution < 1.29 is 24.0 Å². The van der Waals surface area contributed by atoms with Crippen LogP contribution in [-0.4, -0.2) is 22.1 Å². The third-order valence-electron chi connectivity index (χ3n) is 5.71. The van der Waals surface area contributed by atoms with E-state index in [1.54, 1.807) is 36.4 Å². The highest BCUT2D eigenvalue weighted by molar-refractivity contribution is 6.39. The van der Waals surface area contributed by atoms with Crippen LogP contribution < -0.4 is 5.32 Å². The van der Waals surface area contributed by atoms with E-state index in [1.807, 2.05) is 13.8 Å². The third-order valence-corrected chi connectivity index (χ3v) is 6.65. The van der Waals surface area contributed by atoms with Crippen molar-refractivity contribution in [3.05, 3.63) is 104 Å². The van der Waals surface area contributed by atoms with Gasteiger partial charge in [-0.25, -0.2) is 4.79 Å². The van der Waals surface area contributed by atoms with Crippen LogP contribution in [0.1, 0.15) is 57.4 Å². The van der Waals surface area contributed by atoms with Crippen molar-refractivity contribution in [2.75, 3.05) is 5.32 Å². The summed E-state index contributed by atoms with van der Waals surface area (Å²) in [7, 11) is 0. The van der Waals surface area contributed by atoms with E-state index in [1.165, 1.54) is 24.3 Å². The fourth-order valence-corrected chi connectivity index (χ4v) is 4.67. The molecule has 10 heteroatoms. The highest BCUT2D eigenvalue weighted by Gasteiger charge is 2.23.